The van der Waals surface area contributed by atoms with E-state index in [-0.39, 0.29) is 5.91 Å². The number of likely N-dealkylation sites (N-methyl/N-ethyl adjacent to an activating group) is 1. The zero-order valence-electron chi connectivity index (χ0n) is 9.34. The number of likely N-dealkylation sites (tertiary alicyclic amines) is 1. The minimum Gasteiger partial charge on any atom is -0.353 e. The van der Waals surface area contributed by atoms with Crippen LogP contribution in [0, 0.1) is 0 Å². The average Bonchev–Trinajstić information content (AvgIpc) is 2.45. The highest BCUT2D eigenvalue weighted by molar-refractivity contribution is 5.85. The van der Waals surface area contributed by atoms with Crippen LogP contribution in [0.2, 0.25) is 0 Å². The van der Waals surface area contributed by atoms with Crippen LogP contribution in [0.3, 0.4) is 0 Å². The first-order chi connectivity index (χ1) is 6.41. The Balaban J connectivity index is 2.30. The van der Waals surface area contributed by atoms with Crippen LogP contribution in [0.4, 0.5) is 0 Å². The van der Waals surface area contributed by atoms with Crippen molar-refractivity contribution in [2.45, 2.75) is 38.3 Å². The van der Waals surface area contributed by atoms with Crippen LogP contribution >= 0.6 is 0 Å². The molecule has 1 rings (SSSR count). The molecule has 1 saturated heterocycles. The van der Waals surface area contributed by atoms with E-state index in [2.05, 4.69) is 17.3 Å². The predicted molar refractivity (Wildman–Crippen MR) is 56.9 cm³/mol. The molecule has 82 valence electrons. The van der Waals surface area contributed by atoms with Gasteiger partial charge in [0.1, 0.15) is 0 Å². The van der Waals surface area contributed by atoms with Gasteiger partial charge in [-0.3, -0.25) is 4.79 Å². The molecule has 1 atom stereocenters. The third-order valence-electron chi connectivity index (χ3n) is 2.75. The van der Waals surface area contributed by atoms with Crippen molar-refractivity contribution < 1.29 is 4.79 Å². The molecular formula is C10H21N3O. The molecule has 1 aliphatic heterocycles. The van der Waals surface area contributed by atoms with E-state index in [9.17, 15) is 4.79 Å². The summed E-state index contributed by atoms with van der Waals surface area (Å²) in [6.45, 7) is 5.30. The van der Waals surface area contributed by atoms with Gasteiger partial charge in [0.25, 0.3) is 0 Å². The first-order valence-corrected chi connectivity index (χ1v) is 5.18. The number of amides is 1. The monoisotopic (exact) mass is 199 g/mol. The van der Waals surface area contributed by atoms with E-state index in [1.165, 1.54) is 12.8 Å². The lowest BCUT2D eigenvalue weighted by Gasteiger charge is -2.23. The predicted octanol–water partition coefficient (Wildman–Crippen LogP) is -0.0659. The molecule has 4 heteroatoms. The number of nitrogens with two attached hydrogens (primary N) is 1. The summed E-state index contributed by atoms with van der Waals surface area (Å²) in [7, 11) is 2.09. The van der Waals surface area contributed by atoms with Gasteiger partial charge in [0, 0.05) is 12.6 Å². The van der Waals surface area contributed by atoms with E-state index in [1.54, 1.807) is 13.8 Å². The van der Waals surface area contributed by atoms with E-state index >= 15 is 0 Å². The topological polar surface area (TPSA) is 58.4 Å². The van der Waals surface area contributed by atoms with Crippen LogP contribution in [0.15, 0.2) is 0 Å². The standard InChI is InChI=1S/C10H21N3O/c1-10(2,11)9(14)12-7-8-5-4-6-13(8)3/h8H,4-7,11H2,1-3H3,(H,12,14). The quantitative estimate of drug-likeness (QED) is 0.669. The summed E-state index contributed by atoms with van der Waals surface area (Å²) >= 11 is 0. The molecule has 14 heavy (non-hydrogen) atoms. The summed E-state index contributed by atoms with van der Waals surface area (Å²) in [6, 6.07) is 0.487. The van der Waals surface area contributed by atoms with Crippen LogP contribution in [-0.2, 0) is 4.79 Å². The van der Waals surface area contributed by atoms with Crippen molar-refractivity contribution in [3.05, 3.63) is 0 Å². The second-order valence-corrected chi connectivity index (χ2v) is 4.71. The zero-order chi connectivity index (χ0) is 10.8. The first-order valence-electron chi connectivity index (χ1n) is 5.18. The lowest BCUT2D eigenvalue weighted by molar-refractivity contribution is -0.125. The molecule has 0 aliphatic carbocycles. The third kappa shape index (κ3) is 2.96. The van der Waals surface area contributed by atoms with Crippen LogP contribution in [-0.4, -0.2) is 42.5 Å². The van der Waals surface area contributed by atoms with Crippen molar-refractivity contribution in [1.82, 2.24) is 10.2 Å². The van der Waals surface area contributed by atoms with Gasteiger partial charge in [0.05, 0.1) is 5.54 Å². The Bertz CT molecular complexity index is 210. The third-order valence-corrected chi connectivity index (χ3v) is 2.75. The highest BCUT2D eigenvalue weighted by Gasteiger charge is 2.25. The number of carbonyl (C=O) groups excluding carboxylic acids is 1. The Morgan fingerprint density at radius 3 is 2.71 bits per heavy atom. The van der Waals surface area contributed by atoms with Gasteiger partial charge in [-0.15, -0.1) is 0 Å². The zero-order valence-corrected chi connectivity index (χ0v) is 9.34. The summed E-state index contributed by atoms with van der Waals surface area (Å²) in [4.78, 5) is 13.8. The molecule has 1 fully saturated rings. The Labute approximate surface area is 85.8 Å². The molecule has 1 heterocycles. The summed E-state index contributed by atoms with van der Waals surface area (Å²) in [5.41, 5.74) is 4.91. The normalized spacial score (nSPS) is 23.9. The van der Waals surface area contributed by atoms with Gasteiger partial charge in [-0.05, 0) is 40.3 Å². The maximum Gasteiger partial charge on any atom is 0.239 e. The van der Waals surface area contributed by atoms with Gasteiger partial charge in [0.2, 0.25) is 5.91 Å². The Morgan fingerprint density at radius 1 is 1.64 bits per heavy atom. The first kappa shape index (κ1) is 11.5. The van der Waals surface area contributed by atoms with Gasteiger partial charge in [0.15, 0.2) is 0 Å². The number of hydrogen-bond donors (Lipinski definition) is 2. The van der Waals surface area contributed by atoms with Crippen LogP contribution in [0.25, 0.3) is 0 Å². The fourth-order valence-corrected chi connectivity index (χ4v) is 1.68. The van der Waals surface area contributed by atoms with E-state index in [1.807, 2.05) is 0 Å². The molecule has 0 aromatic carbocycles. The van der Waals surface area contributed by atoms with Crippen molar-refractivity contribution in [3.8, 4) is 0 Å². The van der Waals surface area contributed by atoms with Crippen molar-refractivity contribution in [2.75, 3.05) is 20.1 Å². The largest absolute Gasteiger partial charge is 0.353 e. The summed E-state index contributed by atoms with van der Waals surface area (Å²) < 4.78 is 0. The Morgan fingerprint density at radius 2 is 2.29 bits per heavy atom. The Kier molecular flexibility index (Phi) is 3.50. The second kappa shape index (κ2) is 4.28. The SMILES string of the molecule is CN1CCCC1CNC(=O)C(C)(C)N. The van der Waals surface area contributed by atoms with Gasteiger partial charge >= 0.3 is 0 Å². The Hall–Kier alpha value is -0.610. The molecule has 0 radical (unpaired) electrons. The van der Waals surface area contributed by atoms with E-state index in [0.717, 1.165) is 13.1 Å². The summed E-state index contributed by atoms with van der Waals surface area (Å²) in [6.07, 6.45) is 2.39. The second-order valence-electron chi connectivity index (χ2n) is 4.71. The van der Waals surface area contributed by atoms with Crippen LogP contribution in [0.5, 0.6) is 0 Å². The molecule has 0 spiro atoms. The highest BCUT2D eigenvalue weighted by Crippen LogP contribution is 2.13. The number of rotatable bonds is 3. The fraction of sp³-hybridized carbons (Fsp3) is 0.900. The molecule has 1 aliphatic rings. The molecule has 1 amide bonds. The average molecular weight is 199 g/mol. The van der Waals surface area contributed by atoms with E-state index in [4.69, 9.17) is 5.73 Å². The van der Waals surface area contributed by atoms with Gasteiger partial charge in [-0.25, -0.2) is 0 Å². The summed E-state index contributed by atoms with van der Waals surface area (Å²) in [5.74, 6) is -0.0715. The number of nitrogens with zero attached hydrogens (tertiary/aromatic N) is 1. The van der Waals surface area contributed by atoms with Crippen LogP contribution in [0.1, 0.15) is 26.7 Å². The highest BCUT2D eigenvalue weighted by atomic mass is 16.2. The minimum atomic E-state index is -0.767. The van der Waals surface area contributed by atoms with Gasteiger partial charge in [-0.1, -0.05) is 0 Å². The lowest BCUT2D eigenvalue weighted by atomic mass is 10.1. The lowest BCUT2D eigenvalue weighted by Crippen LogP contribution is -2.51. The van der Waals surface area contributed by atoms with E-state index < -0.39 is 5.54 Å². The van der Waals surface area contributed by atoms with Crippen molar-refractivity contribution in [3.63, 3.8) is 0 Å². The van der Waals surface area contributed by atoms with Crippen molar-refractivity contribution in [2.24, 2.45) is 5.73 Å². The molecule has 3 N–H and O–H groups in total. The maximum absolute atomic E-state index is 11.5. The summed E-state index contributed by atoms with van der Waals surface area (Å²) in [5, 5.41) is 2.89. The molecular weight excluding hydrogens is 178 g/mol. The van der Waals surface area contributed by atoms with Crippen LogP contribution < -0.4 is 11.1 Å². The minimum absolute atomic E-state index is 0.0715. The van der Waals surface area contributed by atoms with E-state index in [0.29, 0.717) is 6.04 Å². The number of nitrogens with one attached hydrogen (secondary N) is 1. The number of hydrogen-bond acceptors (Lipinski definition) is 3. The maximum atomic E-state index is 11.5. The molecule has 0 aromatic rings. The van der Waals surface area contributed by atoms with Gasteiger partial charge in [-0.2, -0.15) is 0 Å². The molecule has 0 bridgehead atoms. The molecule has 0 saturated carbocycles. The number of carbonyl (C=O) groups is 1. The molecule has 1 unspecified atom stereocenters. The molecule has 4 nitrogen and oxygen atoms in total. The fourth-order valence-electron chi connectivity index (χ4n) is 1.68. The van der Waals surface area contributed by atoms with Gasteiger partial charge < -0.3 is 16.0 Å². The molecule has 0 aromatic heterocycles. The smallest absolute Gasteiger partial charge is 0.239 e. The van der Waals surface area contributed by atoms with Crippen molar-refractivity contribution >= 4 is 5.91 Å². The van der Waals surface area contributed by atoms with Crippen molar-refractivity contribution in [1.29, 1.82) is 0 Å².